The number of hydrogen-bond donors (Lipinski definition) is 1. The van der Waals surface area contributed by atoms with Crippen LogP contribution in [0.2, 0.25) is 0 Å². The number of aromatic carboxylic acids is 1. The van der Waals surface area contributed by atoms with E-state index in [-0.39, 0.29) is 17.2 Å². The number of aryl methyl sites for hydroxylation is 1. The van der Waals surface area contributed by atoms with Crippen molar-refractivity contribution in [1.29, 1.82) is 0 Å². The van der Waals surface area contributed by atoms with Gasteiger partial charge in [0.25, 0.3) is 5.91 Å². The molecule has 0 amide bonds. The number of nitrogens with zero attached hydrogens (tertiary/aromatic N) is 2. The molecule has 172 valence electrons. The molecule has 0 aliphatic heterocycles. The summed E-state index contributed by atoms with van der Waals surface area (Å²) in [5.74, 6) is -1.32. The van der Waals surface area contributed by atoms with Crippen LogP contribution in [0.25, 0.3) is 11.1 Å². The highest BCUT2D eigenvalue weighted by molar-refractivity contribution is 5.96. The molecule has 0 aliphatic rings. The van der Waals surface area contributed by atoms with Crippen LogP contribution < -0.4 is 5.69 Å². The smallest absolute Gasteiger partial charge is 0.336 e. The van der Waals surface area contributed by atoms with E-state index in [0.717, 1.165) is 29.7 Å². The fraction of sp³-hybridized carbons (Fsp3) is 0.179. The lowest BCUT2D eigenvalue weighted by atomic mass is 9.99. The van der Waals surface area contributed by atoms with Gasteiger partial charge in [-0.25, -0.2) is 14.2 Å². The Kier molecular flexibility index (Phi) is 6.87. The highest BCUT2D eigenvalue weighted by Crippen LogP contribution is 2.24. The van der Waals surface area contributed by atoms with Crippen molar-refractivity contribution < 1.29 is 14.7 Å². The summed E-state index contributed by atoms with van der Waals surface area (Å²) in [5, 5.41) is 9.47. The maximum Gasteiger partial charge on any atom is 0.336 e. The SMILES string of the molecule is CCCCc1cn(C(=O)c2ccccc2)c(=O)n1Cc1ccc(-c2ccccc2C(=O)O)cc1. The van der Waals surface area contributed by atoms with E-state index < -0.39 is 5.97 Å². The Morgan fingerprint density at radius 2 is 1.56 bits per heavy atom. The van der Waals surface area contributed by atoms with Crippen LogP contribution in [0.15, 0.2) is 89.9 Å². The minimum absolute atomic E-state index is 0.241. The van der Waals surface area contributed by atoms with Crippen molar-refractivity contribution in [2.75, 3.05) is 0 Å². The Morgan fingerprint density at radius 3 is 2.24 bits per heavy atom. The molecule has 6 nitrogen and oxygen atoms in total. The number of carboxylic acid groups (broad SMARTS) is 1. The van der Waals surface area contributed by atoms with E-state index in [4.69, 9.17) is 0 Å². The summed E-state index contributed by atoms with van der Waals surface area (Å²) in [7, 11) is 0. The van der Waals surface area contributed by atoms with Crippen molar-refractivity contribution in [2.24, 2.45) is 0 Å². The van der Waals surface area contributed by atoms with Gasteiger partial charge in [-0.2, -0.15) is 0 Å². The van der Waals surface area contributed by atoms with Crippen molar-refractivity contribution in [3.8, 4) is 11.1 Å². The third-order valence-electron chi connectivity index (χ3n) is 5.85. The second kappa shape index (κ2) is 10.2. The molecule has 1 aromatic heterocycles. The zero-order valence-corrected chi connectivity index (χ0v) is 19.0. The van der Waals surface area contributed by atoms with Gasteiger partial charge >= 0.3 is 11.7 Å². The zero-order valence-electron chi connectivity index (χ0n) is 19.0. The summed E-state index contributed by atoms with van der Waals surface area (Å²) >= 11 is 0. The molecule has 3 aromatic carbocycles. The molecule has 0 fully saturated rings. The van der Waals surface area contributed by atoms with Gasteiger partial charge in [0.2, 0.25) is 0 Å². The number of rotatable bonds is 8. The quantitative estimate of drug-likeness (QED) is 0.402. The van der Waals surface area contributed by atoms with Crippen LogP contribution in [0.5, 0.6) is 0 Å². The van der Waals surface area contributed by atoms with Crippen molar-refractivity contribution in [3.05, 3.63) is 118 Å². The number of carboxylic acids is 1. The van der Waals surface area contributed by atoms with Gasteiger partial charge in [0.15, 0.2) is 0 Å². The first-order valence-electron chi connectivity index (χ1n) is 11.3. The first kappa shape index (κ1) is 23.0. The molecule has 4 rings (SSSR count). The minimum atomic E-state index is -0.976. The fourth-order valence-electron chi connectivity index (χ4n) is 4.01. The van der Waals surface area contributed by atoms with Gasteiger partial charge in [0.05, 0.1) is 12.1 Å². The molecule has 4 aromatic rings. The number of hydrogen-bond acceptors (Lipinski definition) is 3. The van der Waals surface area contributed by atoms with Gasteiger partial charge in [-0.05, 0) is 47.7 Å². The molecule has 0 saturated carbocycles. The summed E-state index contributed by atoms with van der Waals surface area (Å²) in [5.41, 5.74) is 3.48. The Hall–Kier alpha value is -4.19. The van der Waals surface area contributed by atoms with Crippen LogP contribution in [0.4, 0.5) is 0 Å². The second-order valence-electron chi connectivity index (χ2n) is 8.18. The van der Waals surface area contributed by atoms with Crippen LogP contribution in [0.3, 0.4) is 0 Å². The van der Waals surface area contributed by atoms with Crippen molar-refractivity contribution in [1.82, 2.24) is 9.13 Å². The van der Waals surface area contributed by atoms with E-state index in [2.05, 4.69) is 6.92 Å². The van der Waals surface area contributed by atoms with Crippen LogP contribution in [-0.2, 0) is 13.0 Å². The maximum atomic E-state index is 13.2. The molecule has 0 saturated heterocycles. The molecule has 0 bridgehead atoms. The maximum absolute atomic E-state index is 13.2. The lowest BCUT2D eigenvalue weighted by Gasteiger charge is -2.10. The summed E-state index contributed by atoms with van der Waals surface area (Å²) in [6.45, 7) is 2.41. The first-order chi connectivity index (χ1) is 16.5. The van der Waals surface area contributed by atoms with Crippen LogP contribution in [0.1, 0.15) is 51.7 Å². The second-order valence-corrected chi connectivity index (χ2v) is 8.18. The highest BCUT2D eigenvalue weighted by Gasteiger charge is 2.18. The molecule has 6 heteroatoms. The topological polar surface area (TPSA) is 81.3 Å². The van der Waals surface area contributed by atoms with E-state index in [1.165, 1.54) is 4.57 Å². The van der Waals surface area contributed by atoms with Gasteiger partial charge in [0, 0.05) is 17.5 Å². The van der Waals surface area contributed by atoms with E-state index in [1.54, 1.807) is 53.2 Å². The molecule has 1 N–H and O–H groups in total. The highest BCUT2D eigenvalue weighted by atomic mass is 16.4. The molecule has 0 aliphatic carbocycles. The van der Waals surface area contributed by atoms with Crippen molar-refractivity contribution >= 4 is 11.9 Å². The first-order valence-corrected chi connectivity index (χ1v) is 11.3. The molecule has 34 heavy (non-hydrogen) atoms. The number of carbonyl (C=O) groups is 2. The number of unbranched alkanes of at least 4 members (excludes halogenated alkanes) is 1. The van der Waals surface area contributed by atoms with E-state index >= 15 is 0 Å². The summed E-state index contributed by atoms with van der Waals surface area (Å²) in [6, 6.07) is 23.1. The summed E-state index contributed by atoms with van der Waals surface area (Å²) in [6.07, 6.45) is 4.24. The normalized spacial score (nSPS) is 10.9. The van der Waals surface area contributed by atoms with Crippen LogP contribution >= 0.6 is 0 Å². The van der Waals surface area contributed by atoms with E-state index in [9.17, 15) is 19.5 Å². The number of carbonyl (C=O) groups excluding carboxylic acids is 1. The average Bonchev–Trinajstić information content (AvgIpc) is 3.18. The van der Waals surface area contributed by atoms with Crippen LogP contribution in [-0.4, -0.2) is 26.1 Å². The molecule has 0 atom stereocenters. The standard InChI is InChI=1S/C28H26N2O4/c1-2-3-11-23-19-30(26(31)22-9-5-4-6-10-22)28(34)29(23)18-20-14-16-21(17-15-20)24-12-7-8-13-25(24)27(32)33/h4-10,12-17,19H,2-3,11,18H2,1H3,(H,32,33). The molecule has 0 unspecified atom stereocenters. The van der Waals surface area contributed by atoms with Crippen LogP contribution in [0, 0.1) is 0 Å². The fourth-order valence-corrected chi connectivity index (χ4v) is 4.01. The summed E-state index contributed by atoms with van der Waals surface area (Å²) in [4.78, 5) is 37.7. The van der Waals surface area contributed by atoms with Crippen molar-refractivity contribution in [3.63, 3.8) is 0 Å². The molecule has 1 heterocycles. The predicted octanol–water partition coefficient (Wildman–Crippen LogP) is 5.09. The zero-order chi connectivity index (χ0) is 24.1. The summed E-state index contributed by atoms with van der Waals surface area (Å²) < 4.78 is 2.84. The van der Waals surface area contributed by atoms with Gasteiger partial charge < -0.3 is 5.11 Å². The molecular formula is C28H26N2O4. The predicted molar refractivity (Wildman–Crippen MR) is 131 cm³/mol. The lowest BCUT2D eigenvalue weighted by molar-refractivity contribution is 0.0697. The number of aromatic nitrogens is 2. The van der Waals surface area contributed by atoms with Gasteiger partial charge in [-0.3, -0.25) is 9.36 Å². The molecule has 0 spiro atoms. The number of imidazole rings is 1. The van der Waals surface area contributed by atoms with Crippen molar-refractivity contribution in [2.45, 2.75) is 32.7 Å². The molecule has 0 radical (unpaired) electrons. The monoisotopic (exact) mass is 454 g/mol. The van der Waals surface area contributed by atoms with E-state index in [0.29, 0.717) is 24.1 Å². The Bertz CT molecular complexity index is 1370. The Morgan fingerprint density at radius 1 is 0.882 bits per heavy atom. The molecular weight excluding hydrogens is 428 g/mol. The van der Waals surface area contributed by atoms with E-state index in [1.807, 2.05) is 36.4 Å². The largest absolute Gasteiger partial charge is 0.478 e. The Labute approximate surface area is 197 Å². The number of benzene rings is 3. The third kappa shape index (κ3) is 4.76. The van der Waals surface area contributed by atoms with Gasteiger partial charge in [-0.1, -0.05) is 74.0 Å². The van der Waals surface area contributed by atoms with Gasteiger partial charge in [0.1, 0.15) is 0 Å². The van der Waals surface area contributed by atoms with Gasteiger partial charge in [-0.15, -0.1) is 0 Å². The third-order valence-corrected chi connectivity index (χ3v) is 5.85. The lowest BCUT2D eigenvalue weighted by Crippen LogP contribution is -2.30. The minimum Gasteiger partial charge on any atom is -0.478 e. The Balaban J connectivity index is 1.66. The average molecular weight is 455 g/mol.